The van der Waals surface area contributed by atoms with E-state index < -0.39 is 23.9 Å². The highest BCUT2D eigenvalue weighted by molar-refractivity contribution is 5.80. The number of carbonyl (C=O) groups excluding carboxylic acids is 2. The van der Waals surface area contributed by atoms with Gasteiger partial charge in [0.15, 0.2) is 18.1 Å². The number of esters is 2. The predicted octanol–water partition coefficient (Wildman–Crippen LogP) is 3.53. The van der Waals surface area contributed by atoms with Crippen molar-refractivity contribution in [2.75, 3.05) is 38.4 Å². The molecule has 12 nitrogen and oxygen atoms in total. The van der Waals surface area contributed by atoms with Crippen molar-refractivity contribution in [2.45, 2.75) is 40.7 Å². The number of aliphatic carboxylic acids is 1. The van der Waals surface area contributed by atoms with E-state index in [1.165, 1.54) is 13.1 Å². The number of carboxylic acids is 1. The van der Waals surface area contributed by atoms with Gasteiger partial charge in [0, 0.05) is 31.2 Å². The van der Waals surface area contributed by atoms with Crippen LogP contribution in [0.5, 0.6) is 17.2 Å². The Morgan fingerprint density at radius 3 is 2.03 bits per heavy atom. The van der Waals surface area contributed by atoms with Crippen LogP contribution in [-0.4, -0.2) is 62.3 Å². The van der Waals surface area contributed by atoms with Crippen molar-refractivity contribution in [1.29, 1.82) is 0 Å². The third-order valence-corrected chi connectivity index (χ3v) is 4.63. The van der Waals surface area contributed by atoms with Gasteiger partial charge >= 0.3 is 11.9 Å². The Balaban J connectivity index is 0.00000177. The number of benzene rings is 2. The average Bonchev–Trinajstić information content (AvgIpc) is 2.87. The van der Waals surface area contributed by atoms with E-state index in [1.807, 2.05) is 38.1 Å². The van der Waals surface area contributed by atoms with E-state index in [1.54, 1.807) is 19.1 Å². The SMILES string of the molecule is CC(=O)O.CCOC(=O)COc1cc(OCC)c(OCC)cc1C(COC(C)=O)Nc1ccc(C=NN)cc1. The molecule has 0 fully saturated rings. The van der Waals surface area contributed by atoms with Gasteiger partial charge in [-0.1, -0.05) is 12.1 Å². The summed E-state index contributed by atoms with van der Waals surface area (Å²) in [6, 6.07) is 10.2. The summed E-state index contributed by atoms with van der Waals surface area (Å²) in [5.41, 5.74) is 2.18. The number of hydrogen-bond acceptors (Lipinski definition) is 11. The van der Waals surface area contributed by atoms with Gasteiger partial charge in [0.2, 0.25) is 0 Å². The van der Waals surface area contributed by atoms with E-state index in [4.69, 9.17) is 39.4 Å². The number of rotatable bonds is 14. The molecule has 0 aliphatic heterocycles. The van der Waals surface area contributed by atoms with E-state index in [2.05, 4.69) is 10.4 Å². The van der Waals surface area contributed by atoms with E-state index in [0.717, 1.165) is 18.2 Å². The molecule has 0 bridgehead atoms. The van der Waals surface area contributed by atoms with E-state index in [9.17, 15) is 9.59 Å². The van der Waals surface area contributed by atoms with Gasteiger partial charge in [-0.15, -0.1) is 0 Å². The summed E-state index contributed by atoms with van der Waals surface area (Å²) in [6.45, 7) is 8.61. The van der Waals surface area contributed by atoms with Gasteiger partial charge in [-0.2, -0.15) is 5.10 Å². The Kier molecular flexibility index (Phi) is 14.9. The molecule has 0 amide bonds. The summed E-state index contributed by atoms with van der Waals surface area (Å²) in [7, 11) is 0. The second-order valence-corrected chi connectivity index (χ2v) is 7.72. The standard InChI is InChI=1S/C25H33N3O7.C2H4O2/c1-5-31-23-12-20(22(13-24(23)32-6-2)35-16-25(30)33-7-3)21(15-34-17(4)29)28-19-10-8-18(9-11-19)14-27-26;1-2(3)4/h8-14,21,28H,5-7,15-16,26H2,1-4H3;1H3,(H,3,4). The van der Waals surface area contributed by atoms with Gasteiger partial charge < -0.3 is 40.0 Å². The number of ether oxygens (including phenoxy) is 5. The van der Waals surface area contributed by atoms with Crippen LogP contribution in [0.15, 0.2) is 41.5 Å². The van der Waals surface area contributed by atoms with Crippen LogP contribution < -0.4 is 25.4 Å². The molecule has 1 unspecified atom stereocenters. The van der Waals surface area contributed by atoms with Crippen molar-refractivity contribution in [2.24, 2.45) is 10.9 Å². The lowest BCUT2D eigenvalue weighted by Crippen LogP contribution is -2.21. The minimum Gasteiger partial charge on any atom is -0.490 e. The first kappa shape index (κ1) is 32.5. The summed E-state index contributed by atoms with van der Waals surface area (Å²) >= 11 is 0. The van der Waals surface area contributed by atoms with Crippen LogP contribution in [-0.2, 0) is 23.9 Å². The smallest absolute Gasteiger partial charge is 0.344 e. The molecule has 4 N–H and O–H groups in total. The lowest BCUT2D eigenvalue weighted by Gasteiger charge is -2.24. The third kappa shape index (κ3) is 12.5. The summed E-state index contributed by atoms with van der Waals surface area (Å²) in [4.78, 5) is 32.6. The molecule has 1 atom stereocenters. The maximum Gasteiger partial charge on any atom is 0.344 e. The normalized spacial score (nSPS) is 11.0. The summed E-state index contributed by atoms with van der Waals surface area (Å²) in [5, 5.41) is 14.3. The average molecular weight is 548 g/mol. The van der Waals surface area contributed by atoms with Gasteiger partial charge in [-0.25, -0.2) is 4.79 Å². The van der Waals surface area contributed by atoms with Crippen molar-refractivity contribution < 1.29 is 43.2 Å². The number of anilines is 1. The molecule has 2 aromatic carbocycles. The van der Waals surface area contributed by atoms with Gasteiger partial charge in [0.05, 0.1) is 32.1 Å². The minimum atomic E-state index is -0.833. The Morgan fingerprint density at radius 2 is 1.51 bits per heavy atom. The van der Waals surface area contributed by atoms with Gasteiger partial charge in [-0.05, 0) is 44.5 Å². The Hall–Kier alpha value is -4.48. The van der Waals surface area contributed by atoms with Crippen LogP contribution in [0.4, 0.5) is 5.69 Å². The van der Waals surface area contributed by atoms with Crippen LogP contribution >= 0.6 is 0 Å². The first-order valence-electron chi connectivity index (χ1n) is 12.3. The molecule has 12 heteroatoms. The number of nitrogens with zero attached hydrogens (tertiary/aromatic N) is 1. The topological polar surface area (TPSA) is 168 Å². The molecule has 2 rings (SSSR count). The number of nitrogens with two attached hydrogens (primary N) is 1. The zero-order valence-electron chi connectivity index (χ0n) is 22.9. The number of carbonyl (C=O) groups is 3. The van der Waals surface area contributed by atoms with Crippen molar-refractivity contribution in [1.82, 2.24) is 0 Å². The number of hydrazone groups is 1. The first-order chi connectivity index (χ1) is 18.6. The molecular weight excluding hydrogens is 510 g/mol. The zero-order chi connectivity index (χ0) is 29.2. The van der Waals surface area contributed by atoms with E-state index in [0.29, 0.717) is 36.0 Å². The number of hydrogen-bond donors (Lipinski definition) is 3. The van der Waals surface area contributed by atoms with Crippen molar-refractivity contribution in [3.8, 4) is 17.2 Å². The minimum absolute atomic E-state index is 0.00332. The van der Waals surface area contributed by atoms with Gasteiger partial charge in [0.1, 0.15) is 12.4 Å². The maximum atomic E-state index is 12.0. The fraction of sp³-hybridized carbons (Fsp3) is 0.407. The highest BCUT2D eigenvalue weighted by Crippen LogP contribution is 2.39. The fourth-order valence-corrected chi connectivity index (χ4v) is 3.19. The van der Waals surface area contributed by atoms with E-state index in [-0.39, 0.29) is 19.8 Å². The van der Waals surface area contributed by atoms with Crippen LogP contribution in [0, 0.1) is 0 Å². The van der Waals surface area contributed by atoms with Crippen LogP contribution in [0.25, 0.3) is 0 Å². The van der Waals surface area contributed by atoms with Crippen LogP contribution in [0.1, 0.15) is 51.8 Å². The molecule has 0 aliphatic carbocycles. The molecule has 0 saturated heterocycles. The summed E-state index contributed by atoms with van der Waals surface area (Å²) in [5.74, 6) is 4.77. The van der Waals surface area contributed by atoms with Crippen molar-refractivity contribution >= 4 is 29.8 Å². The van der Waals surface area contributed by atoms with Gasteiger partial charge in [-0.3, -0.25) is 9.59 Å². The molecule has 39 heavy (non-hydrogen) atoms. The molecule has 0 heterocycles. The Morgan fingerprint density at radius 1 is 0.923 bits per heavy atom. The Bertz CT molecular complexity index is 1080. The van der Waals surface area contributed by atoms with E-state index >= 15 is 0 Å². The van der Waals surface area contributed by atoms with Crippen LogP contribution in [0.3, 0.4) is 0 Å². The summed E-state index contributed by atoms with van der Waals surface area (Å²) in [6.07, 6.45) is 1.53. The first-order valence-corrected chi connectivity index (χ1v) is 12.3. The Labute approximate surface area is 228 Å². The van der Waals surface area contributed by atoms with Crippen molar-refractivity contribution in [3.05, 3.63) is 47.5 Å². The molecule has 214 valence electrons. The molecule has 0 saturated carbocycles. The van der Waals surface area contributed by atoms with Crippen molar-refractivity contribution in [3.63, 3.8) is 0 Å². The monoisotopic (exact) mass is 547 g/mol. The second kappa shape index (κ2) is 17.9. The number of carboxylic acid groups (broad SMARTS) is 1. The summed E-state index contributed by atoms with van der Waals surface area (Å²) < 4.78 is 27.6. The molecule has 0 radical (unpaired) electrons. The predicted molar refractivity (Wildman–Crippen MR) is 145 cm³/mol. The lowest BCUT2D eigenvalue weighted by atomic mass is 10.0. The van der Waals surface area contributed by atoms with Crippen LogP contribution in [0.2, 0.25) is 0 Å². The molecule has 0 aromatic heterocycles. The third-order valence-electron chi connectivity index (χ3n) is 4.63. The highest BCUT2D eigenvalue weighted by atomic mass is 16.6. The zero-order valence-corrected chi connectivity index (χ0v) is 22.9. The molecule has 0 spiro atoms. The second-order valence-electron chi connectivity index (χ2n) is 7.72. The molecule has 0 aliphatic rings. The highest BCUT2D eigenvalue weighted by Gasteiger charge is 2.23. The molecule has 2 aromatic rings. The number of nitrogens with one attached hydrogen (secondary N) is 1. The fourth-order valence-electron chi connectivity index (χ4n) is 3.19. The molecular formula is C27H37N3O9. The quantitative estimate of drug-likeness (QED) is 0.137. The van der Waals surface area contributed by atoms with Gasteiger partial charge in [0.25, 0.3) is 5.97 Å². The maximum absolute atomic E-state index is 12.0. The lowest BCUT2D eigenvalue weighted by molar-refractivity contribution is -0.145. The largest absolute Gasteiger partial charge is 0.490 e.